The summed E-state index contributed by atoms with van der Waals surface area (Å²) in [7, 11) is -3.53. The molecule has 1 fully saturated rings. The number of sulfonamides is 1. The molecule has 8 nitrogen and oxygen atoms in total. The molecule has 2 aromatic rings. The second-order valence-electron chi connectivity index (χ2n) is 7.35. The van der Waals surface area contributed by atoms with Crippen molar-refractivity contribution in [2.24, 2.45) is 0 Å². The first-order valence-corrected chi connectivity index (χ1v) is 12.2. The van der Waals surface area contributed by atoms with Gasteiger partial charge in [0, 0.05) is 13.1 Å². The average Bonchev–Trinajstić information content (AvgIpc) is 2.83. The van der Waals surface area contributed by atoms with Crippen LogP contribution in [-0.2, 0) is 26.0 Å². The summed E-state index contributed by atoms with van der Waals surface area (Å²) in [6, 6.07) is 13.9. The van der Waals surface area contributed by atoms with Gasteiger partial charge in [-0.3, -0.25) is 4.79 Å². The molecule has 1 aliphatic heterocycles. The zero-order chi connectivity index (χ0) is 23.0. The smallest absolute Gasteiger partial charge is 0.260 e. The van der Waals surface area contributed by atoms with Gasteiger partial charge in [-0.25, -0.2) is 8.42 Å². The summed E-state index contributed by atoms with van der Waals surface area (Å²) in [5.74, 6) is 1.01. The van der Waals surface area contributed by atoms with Gasteiger partial charge in [0.25, 0.3) is 5.91 Å². The lowest BCUT2D eigenvalue weighted by Gasteiger charge is -2.26. The Morgan fingerprint density at radius 3 is 2.50 bits per heavy atom. The van der Waals surface area contributed by atoms with Gasteiger partial charge >= 0.3 is 0 Å². The number of nitrogens with one attached hydrogen (secondary N) is 1. The minimum Gasteiger partial charge on any atom is -0.492 e. The van der Waals surface area contributed by atoms with Crippen LogP contribution < -0.4 is 14.8 Å². The summed E-state index contributed by atoms with van der Waals surface area (Å²) in [5, 5.41) is 2.79. The van der Waals surface area contributed by atoms with E-state index in [9.17, 15) is 13.2 Å². The van der Waals surface area contributed by atoms with Crippen LogP contribution in [0.4, 0.5) is 0 Å². The van der Waals surface area contributed by atoms with Crippen LogP contribution in [0.2, 0.25) is 0 Å². The van der Waals surface area contributed by atoms with Crippen molar-refractivity contribution >= 4 is 15.9 Å². The average molecular weight is 463 g/mol. The number of para-hydroxylation sites is 1. The summed E-state index contributed by atoms with van der Waals surface area (Å²) in [5.41, 5.74) is 1.05. The van der Waals surface area contributed by atoms with Crippen molar-refractivity contribution in [3.05, 3.63) is 54.1 Å². The van der Waals surface area contributed by atoms with E-state index in [1.807, 2.05) is 31.2 Å². The van der Waals surface area contributed by atoms with Crippen LogP contribution in [0.3, 0.4) is 0 Å². The number of rotatable bonds is 10. The Morgan fingerprint density at radius 1 is 1.12 bits per heavy atom. The van der Waals surface area contributed by atoms with Crippen molar-refractivity contribution in [2.75, 3.05) is 39.5 Å². The highest BCUT2D eigenvalue weighted by atomic mass is 32.2. The Labute approximate surface area is 189 Å². The number of hydrogen-bond acceptors (Lipinski definition) is 6. The first-order valence-electron chi connectivity index (χ1n) is 10.7. The number of ether oxygens (including phenoxy) is 3. The Balaban J connectivity index is 1.43. The van der Waals surface area contributed by atoms with Gasteiger partial charge in [-0.15, -0.1) is 0 Å². The summed E-state index contributed by atoms with van der Waals surface area (Å²) in [6.45, 7) is 5.81. The van der Waals surface area contributed by atoms with Crippen molar-refractivity contribution in [3.8, 4) is 11.5 Å². The summed E-state index contributed by atoms with van der Waals surface area (Å²) in [6.07, 6.45) is 0.192. The molecule has 1 atom stereocenters. The SMILES string of the molecule is CCc1ccccc1O[C@@H](C)C(=O)NCCOc1ccc(S(=O)(=O)N2CCOCC2)cc1. The van der Waals surface area contributed by atoms with Crippen LogP contribution in [0.15, 0.2) is 53.4 Å². The van der Waals surface area contributed by atoms with Crippen LogP contribution in [0, 0.1) is 0 Å². The zero-order valence-corrected chi connectivity index (χ0v) is 19.3. The van der Waals surface area contributed by atoms with Gasteiger partial charge in [-0.2, -0.15) is 4.31 Å². The quantitative estimate of drug-likeness (QED) is 0.544. The molecule has 0 saturated carbocycles. The Hall–Kier alpha value is -2.62. The largest absolute Gasteiger partial charge is 0.492 e. The fraction of sp³-hybridized carbons (Fsp3) is 0.435. The lowest BCUT2D eigenvalue weighted by atomic mass is 10.1. The monoisotopic (exact) mass is 462 g/mol. The molecule has 9 heteroatoms. The number of benzene rings is 2. The normalized spacial score (nSPS) is 15.7. The molecule has 0 unspecified atom stereocenters. The van der Waals surface area contributed by atoms with Gasteiger partial charge in [-0.1, -0.05) is 25.1 Å². The van der Waals surface area contributed by atoms with Crippen LogP contribution in [0.5, 0.6) is 11.5 Å². The number of carbonyl (C=O) groups excluding carboxylic acids is 1. The topological polar surface area (TPSA) is 94.2 Å². The summed E-state index contributed by atoms with van der Waals surface area (Å²) in [4.78, 5) is 12.5. The first kappa shape index (κ1) is 24.0. The number of aryl methyl sites for hydroxylation is 1. The van der Waals surface area contributed by atoms with E-state index in [-0.39, 0.29) is 17.4 Å². The minimum absolute atomic E-state index is 0.221. The second-order valence-corrected chi connectivity index (χ2v) is 9.29. The van der Waals surface area contributed by atoms with E-state index in [2.05, 4.69) is 5.32 Å². The number of carbonyl (C=O) groups is 1. The van der Waals surface area contributed by atoms with Crippen LogP contribution in [0.25, 0.3) is 0 Å². The highest BCUT2D eigenvalue weighted by Gasteiger charge is 2.26. The van der Waals surface area contributed by atoms with Crippen molar-refractivity contribution in [1.82, 2.24) is 9.62 Å². The van der Waals surface area contributed by atoms with Crippen LogP contribution in [0.1, 0.15) is 19.4 Å². The molecule has 1 amide bonds. The van der Waals surface area contributed by atoms with Crippen molar-refractivity contribution < 1.29 is 27.4 Å². The van der Waals surface area contributed by atoms with E-state index >= 15 is 0 Å². The maximum Gasteiger partial charge on any atom is 0.260 e. The van der Waals surface area contributed by atoms with Crippen LogP contribution in [-0.4, -0.2) is 64.2 Å². The van der Waals surface area contributed by atoms with Gasteiger partial charge in [0.05, 0.1) is 24.7 Å². The van der Waals surface area contributed by atoms with Gasteiger partial charge in [0.2, 0.25) is 10.0 Å². The lowest BCUT2D eigenvalue weighted by Crippen LogP contribution is -2.40. The minimum atomic E-state index is -3.53. The molecule has 1 aliphatic rings. The molecule has 32 heavy (non-hydrogen) atoms. The highest BCUT2D eigenvalue weighted by Crippen LogP contribution is 2.21. The van der Waals surface area contributed by atoms with Gasteiger partial charge in [0.15, 0.2) is 6.10 Å². The predicted molar refractivity (Wildman–Crippen MR) is 120 cm³/mol. The molecule has 0 radical (unpaired) electrons. The molecule has 1 N–H and O–H groups in total. The fourth-order valence-corrected chi connectivity index (χ4v) is 4.69. The van der Waals surface area contributed by atoms with E-state index in [4.69, 9.17) is 14.2 Å². The second kappa shape index (κ2) is 11.3. The molecule has 0 spiro atoms. The molecular formula is C23H30N2O6S. The Kier molecular flexibility index (Phi) is 8.49. The van der Waals surface area contributed by atoms with E-state index < -0.39 is 16.1 Å². The first-order chi connectivity index (χ1) is 15.4. The van der Waals surface area contributed by atoms with Crippen molar-refractivity contribution in [3.63, 3.8) is 0 Å². The van der Waals surface area contributed by atoms with Crippen LogP contribution >= 0.6 is 0 Å². The van der Waals surface area contributed by atoms with Crippen molar-refractivity contribution in [2.45, 2.75) is 31.3 Å². The standard InChI is InChI=1S/C23H30N2O6S/c1-3-19-6-4-5-7-22(19)31-18(2)23(26)24-12-15-30-20-8-10-21(11-9-20)32(27,28)25-13-16-29-17-14-25/h4-11,18H,3,12-17H2,1-2H3,(H,24,26)/t18-/m0/s1. The third-order valence-electron chi connectivity index (χ3n) is 5.13. The molecular weight excluding hydrogens is 432 g/mol. The third kappa shape index (κ3) is 6.21. The van der Waals surface area contributed by atoms with E-state index in [1.54, 1.807) is 19.1 Å². The summed E-state index contributed by atoms with van der Waals surface area (Å²) >= 11 is 0. The molecule has 2 aromatic carbocycles. The zero-order valence-electron chi connectivity index (χ0n) is 18.5. The fourth-order valence-electron chi connectivity index (χ4n) is 3.29. The number of nitrogens with zero attached hydrogens (tertiary/aromatic N) is 1. The molecule has 174 valence electrons. The van der Waals surface area contributed by atoms with Gasteiger partial charge in [-0.05, 0) is 49.2 Å². The molecule has 1 heterocycles. The number of hydrogen-bond donors (Lipinski definition) is 1. The number of amides is 1. The number of morpholine rings is 1. The molecule has 0 bridgehead atoms. The lowest BCUT2D eigenvalue weighted by molar-refractivity contribution is -0.127. The maximum absolute atomic E-state index is 12.6. The highest BCUT2D eigenvalue weighted by molar-refractivity contribution is 7.89. The van der Waals surface area contributed by atoms with E-state index in [0.29, 0.717) is 44.3 Å². The molecule has 0 aliphatic carbocycles. The van der Waals surface area contributed by atoms with Gasteiger partial charge < -0.3 is 19.5 Å². The Bertz CT molecular complexity index is 988. The molecule has 1 saturated heterocycles. The molecule has 0 aromatic heterocycles. The maximum atomic E-state index is 12.6. The Morgan fingerprint density at radius 2 is 1.81 bits per heavy atom. The molecule has 3 rings (SSSR count). The summed E-state index contributed by atoms with van der Waals surface area (Å²) < 4.78 is 43.3. The van der Waals surface area contributed by atoms with Crippen molar-refractivity contribution in [1.29, 1.82) is 0 Å². The van der Waals surface area contributed by atoms with E-state index in [1.165, 1.54) is 16.4 Å². The van der Waals surface area contributed by atoms with E-state index in [0.717, 1.165) is 12.0 Å². The van der Waals surface area contributed by atoms with Gasteiger partial charge in [0.1, 0.15) is 18.1 Å². The third-order valence-corrected chi connectivity index (χ3v) is 7.04. The predicted octanol–water partition coefficient (Wildman–Crippen LogP) is 2.23.